The molecule has 2 fully saturated rings. The Morgan fingerprint density at radius 1 is 1.29 bits per heavy atom. The number of carbonyl (C=O) groups excluding carboxylic acids is 2. The van der Waals surface area contributed by atoms with Crippen LogP contribution in [0.4, 0.5) is 0 Å². The third kappa shape index (κ3) is 1.95. The summed E-state index contributed by atoms with van der Waals surface area (Å²) in [7, 11) is 0. The number of amides is 1. The Morgan fingerprint density at radius 3 is 2.52 bits per heavy atom. The van der Waals surface area contributed by atoms with Crippen molar-refractivity contribution in [2.45, 2.75) is 38.0 Å². The first-order valence-corrected chi connectivity index (χ1v) is 7.22. The topological polar surface area (TPSA) is 75.6 Å². The zero-order valence-electron chi connectivity index (χ0n) is 12.1. The molecule has 0 aromatic heterocycles. The van der Waals surface area contributed by atoms with Gasteiger partial charge in [0.2, 0.25) is 11.4 Å². The molecule has 21 heavy (non-hydrogen) atoms. The van der Waals surface area contributed by atoms with Crippen molar-refractivity contribution >= 4 is 11.9 Å². The van der Waals surface area contributed by atoms with E-state index in [0.717, 1.165) is 5.56 Å². The number of ether oxygens (including phenoxy) is 1. The Morgan fingerprint density at radius 2 is 1.95 bits per heavy atom. The number of carbonyl (C=O) groups is 2. The van der Waals surface area contributed by atoms with Gasteiger partial charge < -0.3 is 15.2 Å². The van der Waals surface area contributed by atoms with E-state index in [-0.39, 0.29) is 11.8 Å². The van der Waals surface area contributed by atoms with Crippen LogP contribution < -0.4 is 5.32 Å². The second-order valence-corrected chi connectivity index (χ2v) is 6.17. The number of hydrogen-bond donors (Lipinski definition) is 2. The molecule has 0 spiro atoms. The molecule has 1 amide bonds. The summed E-state index contributed by atoms with van der Waals surface area (Å²) >= 11 is 0. The molecule has 2 aliphatic rings. The second kappa shape index (κ2) is 4.84. The Balaban J connectivity index is 1.86. The summed E-state index contributed by atoms with van der Waals surface area (Å²) in [5, 5.41) is 13.1. The molecule has 2 aliphatic heterocycles. The van der Waals surface area contributed by atoms with E-state index < -0.39 is 29.6 Å². The molecule has 2 heterocycles. The van der Waals surface area contributed by atoms with Crippen LogP contribution in [0.5, 0.6) is 0 Å². The lowest BCUT2D eigenvalue weighted by molar-refractivity contribution is -0.207. The lowest BCUT2D eigenvalue weighted by Crippen LogP contribution is -2.74. The fourth-order valence-corrected chi connectivity index (χ4v) is 3.28. The fraction of sp³-hybridized carbons (Fsp3) is 0.500. The fourth-order valence-electron chi connectivity index (χ4n) is 3.28. The minimum absolute atomic E-state index is 0.142. The van der Waals surface area contributed by atoms with Crippen molar-refractivity contribution in [2.75, 3.05) is 0 Å². The number of esters is 1. The van der Waals surface area contributed by atoms with E-state index in [4.69, 9.17) is 4.74 Å². The average Bonchev–Trinajstić information content (AvgIpc) is 2.69. The molecule has 1 aromatic rings. The summed E-state index contributed by atoms with van der Waals surface area (Å²) in [5.41, 5.74) is -0.250. The highest BCUT2D eigenvalue weighted by molar-refractivity contribution is 6.00. The lowest BCUT2D eigenvalue weighted by atomic mass is 9.74. The summed E-state index contributed by atoms with van der Waals surface area (Å²) in [6.45, 7) is 3.64. The van der Waals surface area contributed by atoms with Crippen LogP contribution in [-0.2, 0) is 20.7 Å². The number of aliphatic hydroxyl groups is 1. The number of hydrogen-bond acceptors (Lipinski definition) is 4. The van der Waals surface area contributed by atoms with Gasteiger partial charge in [0, 0.05) is 0 Å². The van der Waals surface area contributed by atoms with E-state index in [1.54, 1.807) is 0 Å². The summed E-state index contributed by atoms with van der Waals surface area (Å²) in [4.78, 5) is 24.2. The first kappa shape index (κ1) is 14.1. The maximum Gasteiger partial charge on any atom is 0.338 e. The van der Waals surface area contributed by atoms with Crippen LogP contribution in [0.25, 0.3) is 0 Å². The largest absolute Gasteiger partial charge is 0.456 e. The molecule has 3 rings (SSSR count). The van der Waals surface area contributed by atoms with Gasteiger partial charge >= 0.3 is 5.97 Å². The molecule has 4 atom stereocenters. The number of nitrogens with one attached hydrogen (secondary N) is 1. The number of fused-ring (bicyclic) bond motifs is 1. The molecule has 5 heteroatoms. The Hall–Kier alpha value is -1.88. The Kier molecular flexibility index (Phi) is 3.24. The molecule has 0 bridgehead atoms. The van der Waals surface area contributed by atoms with Crippen LogP contribution in [0.1, 0.15) is 19.4 Å². The third-order valence-corrected chi connectivity index (χ3v) is 4.45. The summed E-state index contributed by atoms with van der Waals surface area (Å²) < 4.78 is 5.21. The molecule has 0 unspecified atom stereocenters. The van der Waals surface area contributed by atoms with Crippen molar-refractivity contribution in [3.63, 3.8) is 0 Å². The van der Waals surface area contributed by atoms with E-state index in [2.05, 4.69) is 5.32 Å². The van der Waals surface area contributed by atoms with Gasteiger partial charge in [0.15, 0.2) is 6.10 Å². The minimum Gasteiger partial charge on any atom is -0.456 e. The average molecular weight is 289 g/mol. The predicted molar refractivity (Wildman–Crippen MR) is 75.2 cm³/mol. The van der Waals surface area contributed by atoms with Crippen molar-refractivity contribution in [2.24, 2.45) is 11.8 Å². The zero-order chi connectivity index (χ0) is 15.2. The summed E-state index contributed by atoms with van der Waals surface area (Å²) in [6, 6.07) is 9.60. The van der Waals surface area contributed by atoms with E-state index in [0.29, 0.717) is 6.42 Å². The van der Waals surface area contributed by atoms with Crippen LogP contribution in [0.3, 0.4) is 0 Å². The molecule has 0 radical (unpaired) electrons. The van der Waals surface area contributed by atoms with E-state index >= 15 is 0 Å². The van der Waals surface area contributed by atoms with E-state index in [1.807, 2.05) is 44.2 Å². The van der Waals surface area contributed by atoms with Gasteiger partial charge in [-0.3, -0.25) is 4.79 Å². The van der Waals surface area contributed by atoms with Gasteiger partial charge in [-0.15, -0.1) is 0 Å². The van der Waals surface area contributed by atoms with Crippen LogP contribution in [0, 0.1) is 11.8 Å². The highest BCUT2D eigenvalue weighted by atomic mass is 16.6. The first-order valence-electron chi connectivity index (χ1n) is 7.22. The SMILES string of the molecule is CC(C)[C@H](O)[C@]12NC(=O)[C@H](Cc3ccccc3)[C@@H]1OC2=O. The van der Waals surface area contributed by atoms with Gasteiger partial charge in [0.05, 0.1) is 12.0 Å². The van der Waals surface area contributed by atoms with Crippen molar-refractivity contribution in [3.05, 3.63) is 35.9 Å². The van der Waals surface area contributed by atoms with Crippen LogP contribution in [-0.4, -0.2) is 34.7 Å². The van der Waals surface area contributed by atoms with Crippen molar-refractivity contribution in [1.82, 2.24) is 5.32 Å². The maximum atomic E-state index is 12.3. The number of rotatable bonds is 4. The monoisotopic (exact) mass is 289 g/mol. The first-order chi connectivity index (χ1) is 9.96. The molecule has 0 saturated carbocycles. The van der Waals surface area contributed by atoms with Crippen LogP contribution in [0.2, 0.25) is 0 Å². The molecule has 2 N–H and O–H groups in total. The maximum absolute atomic E-state index is 12.3. The predicted octanol–water partition coefficient (Wildman–Crippen LogP) is 0.656. The van der Waals surface area contributed by atoms with Gasteiger partial charge in [0.25, 0.3) is 0 Å². The smallest absolute Gasteiger partial charge is 0.338 e. The zero-order valence-corrected chi connectivity index (χ0v) is 12.1. The minimum atomic E-state index is -1.26. The molecule has 0 aliphatic carbocycles. The number of aliphatic hydroxyl groups excluding tert-OH is 1. The van der Waals surface area contributed by atoms with Crippen LogP contribution >= 0.6 is 0 Å². The van der Waals surface area contributed by atoms with Crippen molar-refractivity contribution in [1.29, 1.82) is 0 Å². The Labute approximate surface area is 123 Å². The highest BCUT2D eigenvalue weighted by Gasteiger charge is 2.71. The lowest BCUT2D eigenvalue weighted by Gasteiger charge is -2.46. The Bertz CT molecular complexity index is 571. The van der Waals surface area contributed by atoms with Gasteiger partial charge in [-0.25, -0.2) is 4.79 Å². The summed E-state index contributed by atoms with van der Waals surface area (Å²) in [6.07, 6.45) is -1.03. The molecular weight excluding hydrogens is 270 g/mol. The molecule has 112 valence electrons. The van der Waals surface area contributed by atoms with Crippen molar-refractivity contribution in [3.8, 4) is 0 Å². The highest BCUT2D eigenvalue weighted by Crippen LogP contribution is 2.43. The second-order valence-electron chi connectivity index (χ2n) is 6.17. The number of benzene rings is 1. The van der Waals surface area contributed by atoms with Crippen molar-refractivity contribution < 1.29 is 19.4 Å². The molecule has 5 nitrogen and oxygen atoms in total. The molecular formula is C16H19NO4. The third-order valence-electron chi connectivity index (χ3n) is 4.45. The van der Waals surface area contributed by atoms with Gasteiger partial charge in [-0.1, -0.05) is 44.2 Å². The standard InChI is InChI=1S/C16H19NO4/c1-9(2)12(18)16-13(21-15(16)20)11(14(19)17-16)8-10-6-4-3-5-7-10/h3-7,9,11-13,18H,8H2,1-2H3,(H,17,19)/t11-,12+,13+,16+/m1/s1. The van der Waals surface area contributed by atoms with Gasteiger partial charge in [-0.05, 0) is 17.9 Å². The molecule has 2 saturated heterocycles. The van der Waals surface area contributed by atoms with Gasteiger partial charge in [-0.2, -0.15) is 0 Å². The van der Waals surface area contributed by atoms with E-state index in [1.165, 1.54) is 0 Å². The van der Waals surface area contributed by atoms with Crippen LogP contribution in [0.15, 0.2) is 30.3 Å². The normalized spacial score (nSPS) is 32.2. The van der Waals surface area contributed by atoms with Gasteiger partial charge in [0.1, 0.15) is 0 Å². The molecule has 1 aromatic carbocycles. The summed E-state index contributed by atoms with van der Waals surface area (Å²) in [5.74, 6) is -1.35. The van der Waals surface area contributed by atoms with E-state index in [9.17, 15) is 14.7 Å². The quantitative estimate of drug-likeness (QED) is 0.798.